The van der Waals surface area contributed by atoms with E-state index in [4.69, 9.17) is 39.5 Å². The minimum atomic E-state index is -4.98. The predicted molar refractivity (Wildman–Crippen MR) is 85.9 cm³/mol. The fraction of sp³-hybridized carbons (Fsp3) is 0. The molecule has 0 spiro atoms. The first-order chi connectivity index (χ1) is 10.7. The zero-order valence-electron chi connectivity index (χ0n) is 11.0. The van der Waals surface area contributed by atoms with Crippen LogP contribution in [0.3, 0.4) is 0 Å². The number of anilines is 1. The predicted octanol–water partition coefficient (Wildman–Crippen LogP) is 4.92. The van der Waals surface area contributed by atoms with Crippen molar-refractivity contribution in [3.63, 3.8) is 0 Å². The molecule has 0 unspecified atom stereocenters. The third-order valence-corrected chi connectivity index (χ3v) is 4.15. The third-order valence-electron chi connectivity index (χ3n) is 2.54. The molecule has 2 aromatic carbocycles. The van der Waals surface area contributed by atoms with Crippen molar-refractivity contribution in [2.24, 2.45) is 0 Å². The lowest BCUT2D eigenvalue weighted by atomic mass is 10.3. The molecule has 10 heteroatoms. The highest BCUT2D eigenvalue weighted by Crippen LogP contribution is 2.36. The van der Waals surface area contributed by atoms with E-state index in [1.807, 2.05) is 0 Å². The molecule has 0 aromatic heterocycles. The van der Waals surface area contributed by atoms with Crippen molar-refractivity contribution in [3.05, 3.63) is 51.5 Å². The maximum absolute atomic E-state index is 12.9. The van der Waals surface area contributed by atoms with E-state index in [9.17, 15) is 17.1 Å². The average molecular weight is 399 g/mol. The second kappa shape index (κ2) is 6.92. The molecule has 0 saturated heterocycles. The second-order valence-corrected chi connectivity index (χ2v) is 6.77. The molecule has 0 saturated carbocycles. The molecule has 0 bridgehead atoms. The minimum Gasteiger partial charge on any atom is -0.407 e. The normalized spacial score (nSPS) is 11.1. The first-order valence-electron chi connectivity index (χ1n) is 5.85. The standard InChI is InChI=1S/C13H7Cl3FNO4S/c14-7-1-3-8(4-2-7)18-13(19)22-12-10(15)5-9(6-11(12)16)23(17,20)21/h1-6H,(H,18,19). The molecule has 0 atom stereocenters. The van der Waals surface area contributed by atoms with Gasteiger partial charge in [-0.05, 0) is 36.4 Å². The van der Waals surface area contributed by atoms with Gasteiger partial charge in [0.25, 0.3) is 0 Å². The summed E-state index contributed by atoms with van der Waals surface area (Å²) in [6.07, 6.45) is -0.924. The summed E-state index contributed by atoms with van der Waals surface area (Å²) in [5.74, 6) is -0.299. The van der Waals surface area contributed by atoms with Gasteiger partial charge in [0, 0.05) is 10.7 Å². The first kappa shape index (κ1) is 17.8. The van der Waals surface area contributed by atoms with Gasteiger partial charge >= 0.3 is 16.3 Å². The summed E-state index contributed by atoms with van der Waals surface area (Å²) in [5, 5.41) is 2.21. The van der Waals surface area contributed by atoms with Crippen LogP contribution in [0.4, 0.5) is 14.4 Å². The van der Waals surface area contributed by atoms with E-state index in [2.05, 4.69) is 5.32 Å². The molecule has 2 rings (SSSR count). The van der Waals surface area contributed by atoms with Crippen molar-refractivity contribution < 1.29 is 21.8 Å². The van der Waals surface area contributed by atoms with Gasteiger partial charge in [0.15, 0.2) is 5.75 Å². The van der Waals surface area contributed by atoms with E-state index < -0.39 is 21.2 Å². The Hall–Kier alpha value is -1.54. The summed E-state index contributed by atoms with van der Waals surface area (Å²) < 4.78 is 39.5. The van der Waals surface area contributed by atoms with Crippen molar-refractivity contribution in [2.75, 3.05) is 5.32 Å². The molecule has 0 fully saturated rings. The fourth-order valence-electron chi connectivity index (χ4n) is 1.54. The number of halogens is 4. The molecule has 0 aliphatic heterocycles. The van der Waals surface area contributed by atoms with Gasteiger partial charge in [-0.25, -0.2) is 4.79 Å². The van der Waals surface area contributed by atoms with Crippen LogP contribution in [0.5, 0.6) is 5.75 Å². The summed E-state index contributed by atoms with van der Waals surface area (Å²) in [5.41, 5.74) is 0.398. The minimum absolute atomic E-state index is 0.299. The lowest BCUT2D eigenvalue weighted by molar-refractivity contribution is 0.215. The number of hydrogen-bond acceptors (Lipinski definition) is 4. The zero-order valence-corrected chi connectivity index (χ0v) is 14.1. The van der Waals surface area contributed by atoms with Crippen LogP contribution in [0, 0.1) is 0 Å². The Labute approximate surface area is 146 Å². The van der Waals surface area contributed by atoms with Crippen molar-refractivity contribution in [2.45, 2.75) is 4.90 Å². The maximum atomic E-state index is 12.9. The van der Waals surface area contributed by atoms with Gasteiger partial charge in [-0.3, -0.25) is 5.32 Å². The number of ether oxygens (including phenoxy) is 1. The summed E-state index contributed by atoms with van der Waals surface area (Å²) in [6, 6.07) is 7.74. The smallest absolute Gasteiger partial charge is 0.407 e. The highest BCUT2D eigenvalue weighted by atomic mass is 35.5. The zero-order chi connectivity index (χ0) is 17.2. The number of hydrogen-bond donors (Lipinski definition) is 1. The Morgan fingerprint density at radius 1 is 1.04 bits per heavy atom. The number of carbonyl (C=O) groups is 1. The molecule has 0 radical (unpaired) electrons. The van der Waals surface area contributed by atoms with Gasteiger partial charge in [0.2, 0.25) is 0 Å². The van der Waals surface area contributed by atoms with E-state index in [1.54, 1.807) is 12.1 Å². The lowest BCUT2D eigenvalue weighted by Gasteiger charge is -2.10. The van der Waals surface area contributed by atoms with Gasteiger partial charge in [0.1, 0.15) is 4.90 Å². The van der Waals surface area contributed by atoms with Crippen molar-refractivity contribution in [3.8, 4) is 5.75 Å². The summed E-state index contributed by atoms with van der Waals surface area (Å²) in [4.78, 5) is 11.0. The molecule has 1 N–H and O–H groups in total. The lowest BCUT2D eigenvalue weighted by Crippen LogP contribution is -2.17. The number of nitrogens with one attached hydrogen (secondary N) is 1. The highest BCUT2D eigenvalue weighted by Gasteiger charge is 2.20. The molecule has 5 nitrogen and oxygen atoms in total. The van der Waals surface area contributed by atoms with Crippen LogP contribution in [-0.4, -0.2) is 14.5 Å². The largest absolute Gasteiger partial charge is 0.417 e. The van der Waals surface area contributed by atoms with E-state index in [0.29, 0.717) is 10.7 Å². The Morgan fingerprint density at radius 2 is 1.57 bits per heavy atom. The second-order valence-electron chi connectivity index (χ2n) is 4.18. The Balaban J connectivity index is 2.19. The van der Waals surface area contributed by atoms with Crippen molar-refractivity contribution in [1.29, 1.82) is 0 Å². The molecule has 1 amide bonds. The molecular weight excluding hydrogens is 392 g/mol. The average Bonchev–Trinajstić information content (AvgIpc) is 2.44. The van der Waals surface area contributed by atoms with Crippen LogP contribution in [0.1, 0.15) is 0 Å². The van der Waals surface area contributed by atoms with Crippen molar-refractivity contribution >= 4 is 56.8 Å². The molecule has 2 aromatic rings. The topological polar surface area (TPSA) is 72.5 Å². The molecular formula is C13H7Cl3FNO4S. The molecule has 0 aliphatic rings. The quantitative estimate of drug-likeness (QED) is 0.745. The molecule has 0 heterocycles. The van der Waals surface area contributed by atoms with E-state index in [-0.39, 0.29) is 15.8 Å². The van der Waals surface area contributed by atoms with E-state index >= 15 is 0 Å². The first-order valence-corrected chi connectivity index (χ1v) is 8.36. The number of amides is 1. The SMILES string of the molecule is O=C(Nc1ccc(Cl)cc1)Oc1c(Cl)cc(S(=O)(=O)F)cc1Cl. The van der Waals surface area contributed by atoms with Crippen molar-refractivity contribution in [1.82, 2.24) is 0 Å². The van der Waals surface area contributed by atoms with E-state index in [1.165, 1.54) is 12.1 Å². The Morgan fingerprint density at radius 3 is 2.04 bits per heavy atom. The number of benzene rings is 2. The maximum Gasteiger partial charge on any atom is 0.417 e. The third kappa shape index (κ3) is 4.71. The van der Waals surface area contributed by atoms with E-state index in [0.717, 1.165) is 12.1 Å². The van der Waals surface area contributed by atoms with Crippen LogP contribution in [0.25, 0.3) is 0 Å². The fourth-order valence-corrected chi connectivity index (χ4v) is 2.88. The van der Waals surface area contributed by atoms with Crippen LogP contribution >= 0.6 is 34.8 Å². The van der Waals surface area contributed by atoms with Crippen LogP contribution in [0.2, 0.25) is 15.1 Å². The summed E-state index contributed by atoms with van der Waals surface area (Å²) in [7, 11) is -4.98. The Kier molecular flexibility index (Phi) is 5.36. The van der Waals surface area contributed by atoms with Gasteiger partial charge in [-0.1, -0.05) is 34.8 Å². The van der Waals surface area contributed by atoms with Gasteiger partial charge < -0.3 is 4.74 Å². The van der Waals surface area contributed by atoms with Gasteiger partial charge in [-0.15, -0.1) is 3.89 Å². The van der Waals surface area contributed by atoms with Crippen LogP contribution in [-0.2, 0) is 10.2 Å². The molecule has 0 aliphatic carbocycles. The van der Waals surface area contributed by atoms with Crippen LogP contribution in [0.15, 0.2) is 41.3 Å². The summed E-state index contributed by atoms with van der Waals surface area (Å²) in [6.45, 7) is 0. The Bertz CT molecular complexity index is 833. The highest BCUT2D eigenvalue weighted by molar-refractivity contribution is 7.86. The van der Waals surface area contributed by atoms with Crippen LogP contribution < -0.4 is 10.1 Å². The number of rotatable bonds is 3. The molecule has 23 heavy (non-hydrogen) atoms. The van der Waals surface area contributed by atoms with Gasteiger partial charge in [0.05, 0.1) is 10.0 Å². The monoisotopic (exact) mass is 397 g/mol. The van der Waals surface area contributed by atoms with Gasteiger partial charge in [-0.2, -0.15) is 8.42 Å². The summed E-state index contributed by atoms with van der Waals surface area (Å²) >= 11 is 17.3. The molecule has 122 valence electrons. The number of carbonyl (C=O) groups excluding carboxylic acids is 1.